The molecule has 1 aliphatic carbocycles. The average Bonchev–Trinajstić information content (AvgIpc) is 2.45. The van der Waals surface area contributed by atoms with Gasteiger partial charge in [0.1, 0.15) is 0 Å². The molecule has 1 unspecified atom stereocenters. The van der Waals surface area contributed by atoms with Crippen molar-refractivity contribution in [2.24, 2.45) is 0 Å². The molecule has 1 aromatic carbocycles. The zero-order chi connectivity index (χ0) is 14.9. The van der Waals surface area contributed by atoms with Gasteiger partial charge in [0.15, 0.2) is 0 Å². The maximum Gasteiger partial charge on any atom is 0.0320 e. The summed E-state index contributed by atoms with van der Waals surface area (Å²) in [6, 6.07) is 9.37. The van der Waals surface area contributed by atoms with E-state index in [1.165, 1.54) is 56.1 Å². The monoisotopic (exact) mass is 285 g/mol. The van der Waals surface area contributed by atoms with Gasteiger partial charge < -0.3 is 5.32 Å². The van der Waals surface area contributed by atoms with Crippen LogP contribution in [-0.2, 0) is 6.42 Å². The van der Waals surface area contributed by atoms with Gasteiger partial charge in [-0.15, -0.1) is 0 Å². The lowest BCUT2D eigenvalue weighted by Crippen LogP contribution is -2.34. The van der Waals surface area contributed by atoms with Crippen LogP contribution in [-0.4, -0.2) is 12.6 Å². The Kier molecular flexibility index (Phi) is 7.02. The van der Waals surface area contributed by atoms with Gasteiger partial charge in [0.05, 0.1) is 0 Å². The van der Waals surface area contributed by atoms with E-state index in [-0.39, 0.29) is 0 Å². The molecule has 0 radical (unpaired) electrons. The van der Waals surface area contributed by atoms with Gasteiger partial charge in [0, 0.05) is 6.04 Å². The van der Waals surface area contributed by atoms with Crippen molar-refractivity contribution in [3.8, 4) is 0 Å². The predicted octanol–water partition coefficient (Wildman–Crippen LogP) is 5.19. The molecule has 0 aromatic heterocycles. The number of hydrogen-bond donors (Lipinski definition) is 1. The zero-order valence-corrected chi connectivity index (χ0v) is 13.8. The quantitative estimate of drug-likeness (QED) is 0.710. The van der Waals surface area contributed by atoms with Crippen LogP contribution in [0, 0.1) is 6.92 Å². The first kappa shape index (κ1) is 16.3. The summed E-state index contributed by atoms with van der Waals surface area (Å²) in [6.45, 7) is 5.61. The highest BCUT2D eigenvalue weighted by molar-refractivity contribution is 5.28. The van der Waals surface area contributed by atoms with Gasteiger partial charge in [-0.25, -0.2) is 0 Å². The van der Waals surface area contributed by atoms with Crippen LogP contribution in [0.15, 0.2) is 35.9 Å². The second kappa shape index (κ2) is 9.04. The van der Waals surface area contributed by atoms with E-state index in [9.17, 15) is 0 Å². The molecule has 1 heteroatoms. The molecule has 0 fully saturated rings. The van der Waals surface area contributed by atoms with Gasteiger partial charge in [-0.1, -0.05) is 55.7 Å². The Morgan fingerprint density at radius 2 is 1.90 bits per heavy atom. The van der Waals surface area contributed by atoms with Crippen LogP contribution in [0.4, 0.5) is 0 Å². The second-order valence-corrected chi connectivity index (χ2v) is 6.37. The van der Waals surface area contributed by atoms with Crippen LogP contribution < -0.4 is 5.32 Å². The maximum atomic E-state index is 3.79. The molecule has 1 aromatic rings. The molecule has 1 aliphatic rings. The van der Waals surface area contributed by atoms with Crippen LogP contribution in [0.25, 0.3) is 0 Å². The number of rotatable bonds is 6. The highest BCUT2D eigenvalue weighted by Gasteiger charge is 2.16. The minimum Gasteiger partial charge on any atom is -0.310 e. The number of allylic oxidation sites excluding steroid dienone is 1. The van der Waals surface area contributed by atoms with Crippen molar-refractivity contribution in [3.05, 3.63) is 47.0 Å². The Hall–Kier alpha value is -1.08. The molecular formula is C20H31N. The smallest absolute Gasteiger partial charge is 0.0320 e. The van der Waals surface area contributed by atoms with E-state index in [4.69, 9.17) is 0 Å². The van der Waals surface area contributed by atoms with Gasteiger partial charge in [0.2, 0.25) is 0 Å². The van der Waals surface area contributed by atoms with Gasteiger partial charge in [-0.05, 0) is 63.1 Å². The zero-order valence-electron chi connectivity index (χ0n) is 13.8. The third-order valence-corrected chi connectivity index (χ3v) is 4.60. The highest BCUT2D eigenvalue weighted by Crippen LogP contribution is 2.22. The summed E-state index contributed by atoms with van der Waals surface area (Å²) in [5.74, 6) is 0. The first-order chi connectivity index (χ1) is 10.3. The van der Waals surface area contributed by atoms with E-state index in [1.807, 2.05) is 0 Å². The van der Waals surface area contributed by atoms with Crippen molar-refractivity contribution in [1.82, 2.24) is 5.32 Å². The molecule has 1 atom stereocenters. The standard InChI is InChI=1S/C20H31N/c1-3-15-21-20(16-19-14-10-9-11-17(19)2)18-12-7-5-4-6-8-13-18/h9-12,14,20-21H,3-8,13,15-16H2,1-2H3/b18-12+. The predicted molar refractivity (Wildman–Crippen MR) is 92.7 cm³/mol. The van der Waals surface area contributed by atoms with E-state index in [0.717, 1.165) is 13.0 Å². The Morgan fingerprint density at radius 1 is 1.10 bits per heavy atom. The summed E-state index contributed by atoms with van der Waals surface area (Å²) < 4.78 is 0. The number of nitrogens with one attached hydrogen (secondary N) is 1. The minimum atomic E-state index is 0.532. The van der Waals surface area contributed by atoms with Gasteiger partial charge in [-0.2, -0.15) is 0 Å². The van der Waals surface area contributed by atoms with E-state index in [2.05, 4.69) is 49.5 Å². The molecular weight excluding hydrogens is 254 g/mol. The molecule has 116 valence electrons. The molecule has 0 aliphatic heterocycles. The Balaban J connectivity index is 2.11. The van der Waals surface area contributed by atoms with Crippen LogP contribution in [0.3, 0.4) is 0 Å². The average molecular weight is 285 g/mol. The summed E-state index contributed by atoms with van der Waals surface area (Å²) in [4.78, 5) is 0. The van der Waals surface area contributed by atoms with E-state index in [0.29, 0.717) is 6.04 Å². The van der Waals surface area contributed by atoms with Crippen molar-refractivity contribution in [2.75, 3.05) is 6.54 Å². The summed E-state index contributed by atoms with van der Waals surface area (Å²) in [7, 11) is 0. The second-order valence-electron chi connectivity index (χ2n) is 6.37. The fraction of sp³-hybridized carbons (Fsp3) is 0.600. The Bertz CT molecular complexity index is 447. The molecule has 0 spiro atoms. The minimum absolute atomic E-state index is 0.532. The fourth-order valence-corrected chi connectivity index (χ4v) is 3.24. The van der Waals surface area contributed by atoms with Crippen LogP contribution in [0.5, 0.6) is 0 Å². The summed E-state index contributed by atoms with van der Waals surface area (Å²) in [6.07, 6.45) is 13.0. The van der Waals surface area contributed by atoms with E-state index >= 15 is 0 Å². The first-order valence-corrected chi connectivity index (χ1v) is 8.78. The molecule has 2 rings (SSSR count). The molecule has 0 saturated carbocycles. The summed E-state index contributed by atoms with van der Waals surface area (Å²) in [5.41, 5.74) is 4.58. The van der Waals surface area contributed by atoms with Crippen molar-refractivity contribution in [3.63, 3.8) is 0 Å². The van der Waals surface area contributed by atoms with Crippen molar-refractivity contribution in [1.29, 1.82) is 0 Å². The molecule has 0 amide bonds. The lowest BCUT2D eigenvalue weighted by molar-refractivity contribution is 0.522. The molecule has 21 heavy (non-hydrogen) atoms. The van der Waals surface area contributed by atoms with E-state index in [1.54, 1.807) is 5.57 Å². The normalized spacial score (nSPS) is 20.2. The third kappa shape index (κ3) is 5.32. The summed E-state index contributed by atoms with van der Waals surface area (Å²) in [5, 5.41) is 3.79. The molecule has 0 bridgehead atoms. The summed E-state index contributed by atoms with van der Waals surface area (Å²) >= 11 is 0. The molecule has 1 nitrogen and oxygen atoms in total. The highest BCUT2D eigenvalue weighted by atomic mass is 14.9. The van der Waals surface area contributed by atoms with Crippen molar-refractivity contribution in [2.45, 2.75) is 71.3 Å². The Labute approximate surface area is 130 Å². The van der Waals surface area contributed by atoms with Gasteiger partial charge in [0.25, 0.3) is 0 Å². The first-order valence-electron chi connectivity index (χ1n) is 8.78. The van der Waals surface area contributed by atoms with Crippen LogP contribution in [0.2, 0.25) is 0 Å². The van der Waals surface area contributed by atoms with Gasteiger partial charge in [-0.3, -0.25) is 0 Å². The molecule has 1 N–H and O–H groups in total. The lowest BCUT2D eigenvalue weighted by atomic mass is 9.90. The number of aryl methyl sites for hydroxylation is 1. The maximum absolute atomic E-state index is 3.79. The Morgan fingerprint density at radius 3 is 2.71 bits per heavy atom. The van der Waals surface area contributed by atoms with Gasteiger partial charge >= 0.3 is 0 Å². The SMILES string of the molecule is CCCNC(Cc1ccccc1C)/C1=C/CCCCCC1. The van der Waals surface area contributed by atoms with E-state index < -0.39 is 0 Å². The third-order valence-electron chi connectivity index (χ3n) is 4.60. The van der Waals surface area contributed by atoms with Crippen molar-refractivity contribution >= 4 is 0 Å². The van der Waals surface area contributed by atoms with Crippen LogP contribution in [0.1, 0.15) is 63.0 Å². The van der Waals surface area contributed by atoms with Crippen molar-refractivity contribution < 1.29 is 0 Å². The topological polar surface area (TPSA) is 12.0 Å². The van der Waals surface area contributed by atoms with Crippen LogP contribution >= 0.6 is 0 Å². The molecule has 0 heterocycles. The lowest BCUT2D eigenvalue weighted by Gasteiger charge is -2.24. The largest absolute Gasteiger partial charge is 0.310 e. The molecule has 0 saturated heterocycles. The fourth-order valence-electron chi connectivity index (χ4n) is 3.24. The number of hydrogen-bond acceptors (Lipinski definition) is 1. The number of benzene rings is 1.